The summed E-state index contributed by atoms with van der Waals surface area (Å²) >= 11 is 0. The number of Topliss-reactive ketones (excluding diaryl/α,β-unsaturated/α-hetero) is 1. The second kappa shape index (κ2) is 3.66. The quantitative estimate of drug-likeness (QED) is 0.666. The third-order valence-electron chi connectivity index (χ3n) is 2.32. The number of rotatable bonds is 2. The summed E-state index contributed by atoms with van der Waals surface area (Å²) in [4.78, 5) is 11.9. The van der Waals surface area contributed by atoms with Crippen molar-refractivity contribution in [1.82, 2.24) is 0 Å². The number of ketones is 1. The van der Waals surface area contributed by atoms with Crippen LogP contribution in [0, 0.1) is 6.92 Å². The van der Waals surface area contributed by atoms with Gasteiger partial charge in [-0.1, -0.05) is 24.3 Å². The standard InChI is InChI=1S/C12H12O2/c1-9-5-2-3-6-10(9)12(13)11-7-4-8-14-11/h2-3,5-7H,4,8H2,1H3. The van der Waals surface area contributed by atoms with Crippen molar-refractivity contribution >= 4 is 5.78 Å². The SMILES string of the molecule is Cc1ccccc1C(=O)C1=CCCO1. The highest BCUT2D eigenvalue weighted by Crippen LogP contribution is 2.17. The minimum atomic E-state index is 0.000556. The highest BCUT2D eigenvalue weighted by Gasteiger charge is 2.17. The first-order chi connectivity index (χ1) is 6.79. The van der Waals surface area contributed by atoms with Gasteiger partial charge in [0.05, 0.1) is 6.61 Å². The lowest BCUT2D eigenvalue weighted by atomic mass is 10.0. The van der Waals surface area contributed by atoms with E-state index >= 15 is 0 Å². The lowest BCUT2D eigenvalue weighted by Crippen LogP contribution is -2.05. The first-order valence-electron chi connectivity index (χ1n) is 4.72. The Bertz CT molecular complexity index is 391. The van der Waals surface area contributed by atoms with E-state index in [4.69, 9.17) is 4.74 Å². The molecule has 2 rings (SSSR count). The zero-order valence-electron chi connectivity index (χ0n) is 8.12. The molecule has 72 valence electrons. The van der Waals surface area contributed by atoms with E-state index in [-0.39, 0.29) is 5.78 Å². The molecular formula is C12H12O2. The molecule has 1 heterocycles. The van der Waals surface area contributed by atoms with E-state index in [0.29, 0.717) is 12.4 Å². The largest absolute Gasteiger partial charge is 0.489 e. The predicted molar refractivity (Wildman–Crippen MR) is 54.2 cm³/mol. The Kier molecular flexibility index (Phi) is 2.35. The van der Waals surface area contributed by atoms with Gasteiger partial charge < -0.3 is 4.74 Å². The number of carbonyl (C=O) groups excluding carboxylic acids is 1. The second-order valence-corrected chi connectivity index (χ2v) is 3.35. The summed E-state index contributed by atoms with van der Waals surface area (Å²) in [5.74, 6) is 0.500. The average molecular weight is 188 g/mol. The molecule has 0 N–H and O–H groups in total. The molecule has 0 aromatic heterocycles. The van der Waals surface area contributed by atoms with Gasteiger partial charge in [0.2, 0.25) is 5.78 Å². The molecule has 2 heteroatoms. The molecule has 2 nitrogen and oxygen atoms in total. The number of hydrogen-bond donors (Lipinski definition) is 0. The lowest BCUT2D eigenvalue weighted by molar-refractivity contribution is 0.0941. The van der Waals surface area contributed by atoms with Gasteiger partial charge in [0.25, 0.3) is 0 Å². The highest BCUT2D eigenvalue weighted by atomic mass is 16.5. The maximum atomic E-state index is 11.9. The molecule has 1 aromatic carbocycles. The van der Waals surface area contributed by atoms with E-state index in [9.17, 15) is 4.79 Å². The minimum absolute atomic E-state index is 0.000556. The van der Waals surface area contributed by atoms with Gasteiger partial charge in [-0.15, -0.1) is 0 Å². The number of benzene rings is 1. The van der Waals surface area contributed by atoms with Gasteiger partial charge in [-0.25, -0.2) is 0 Å². The van der Waals surface area contributed by atoms with Crippen LogP contribution < -0.4 is 0 Å². The van der Waals surface area contributed by atoms with E-state index in [0.717, 1.165) is 17.5 Å². The van der Waals surface area contributed by atoms with Crippen LogP contribution in [0.4, 0.5) is 0 Å². The molecule has 0 bridgehead atoms. The first-order valence-corrected chi connectivity index (χ1v) is 4.72. The van der Waals surface area contributed by atoms with Gasteiger partial charge >= 0.3 is 0 Å². The Morgan fingerprint density at radius 1 is 1.36 bits per heavy atom. The van der Waals surface area contributed by atoms with Gasteiger partial charge in [-0.2, -0.15) is 0 Å². The van der Waals surface area contributed by atoms with E-state index in [2.05, 4.69) is 0 Å². The fraction of sp³-hybridized carbons (Fsp3) is 0.250. The Morgan fingerprint density at radius 2 is 2.14 bits per heavy atom. The van der Waals surface area contributed by atoms with Crippen molar-refractivity contribution in [3.8, 4) is 0 Å². The van der Waals surface area contributed by atoms with Crippen LogP contribution in [0.3, 0.4) is 0 Å². The monoisotopic (exact) mass is 188 g/mol. The van der Waals surface area contributed by atoms with Crippen LogP contribution in [-0.4, -0.2) is 12.4 Å². The molecule has 1 aliphatic rings. The maximum absolute atomic E-state index is 11.9. The van der Waals surface area contributed by atoms with E-state index in [1.807, 2.05) is 37.3 Å². The first kappa shape index (κ1) is 9.00. The minimum Gasteiger partial charge on any atom is -0.489 e. The molecule has 14 heavy (non-hydrogen) atoms. The van der Waals surface area contributed by atoms with Crippen molar-refractivity contribution in [3.05, 3.63) is 47.2 Å². The Labute approximate surface area is 83.2 Å². The number of ether oxygens (including phenoxy) is 1. The predicted octanol–water partition coefficient (Wildman–Crippen LogP) is 2.48. The number of aryl methyl sites for hydroxylation is 1. The molecule has 1 aliphatic heterocycles. The van der Waals surface area contributed by atoms with Crippen molar-refractivity contribution in [2.75, 3.05) is 6.61 Å². The van der Waals surface area contributed by atoms with E-state index < -0.39 is 0 Å². The summed E-state index contributed by atoms with van der Waals surface area (Å²) in [7, 11) is 0. The van der Waals surface area contributed by atoms with Crippen molar-refractivity contribution in [1.29, 1.82) is 0 Å². The van der Waals surface area contributed by atoms with E-state index in [1.165, 1.54) is 0 Å². The van der Waals surface area contributed by atoms with Crippen molar-refractivity contribution in [2.45, 2.75) is 13.3 Å². The Morgan fingerprint density at radius 3 is 2.79 bits per heavy atom. The lowest BCUT2D eigenvalue weighted by Gasteiger charge is -2.05. The maximum Gasteiger partial charge on any atom is 0.227 e. The fourth-order valence-corrected chi connectivity index (χ4v) is 1.54. The van der Waals surface area contributed by atoms with Crippen LogP contribution >= 0.6 is 0 Å². The third kappa shape index (κ3) is 1.55. The zero-order valence-corrected chi connectivity index (χ0v) is 8.12. The second-order valence-electron chi connectivity index (χ2n) is 3.35. The molecule has 0 atom stereocenters. The molecule has 0 unspecified atom stereocenters. The topological polar surface area (TPSA) is 26.3 Å². The average Bonchev–Trinajstić information content (AvgIpc) is 2.70. The van der Waals surface area contributed by atoms with Gasteiger partial charge in [0.15, 0.2) is 5.76 Å². The molecule has 1 aromatic rings. The van der Waals surface area contributed by atoms with Gasteiger partial charge in [0.1, 0.15) is 0 Å². The summed E-state index contributed by atoms with van der Waals surface area (Å²) in [5, 5.41) is 0. The Balaban J connectivity index is 2.31. The van der Waals surface area contributed by atoms with Gasteiger partial charge in [-0.05, 0) is 18.6 Å². The summed E-state index contributed by atoms with van der Waals surface area (Å²) in [5.41, 5.74) is 1.73. The van der Waals surface area contributed by atoms with E-state index in [1.54, 1.807) is 0 Å². The molecule has 0 fully saturated rings. The Hall–Kier alpha value is -1.57. The highest BCUT2D eigenvalue weighted by molar-refractivity contribution is 6.08. The van der Waals surface area contributed by atoms with Crippen molar-refractivity contribution in [2.24, 2.45) is 0 Å². The third-order valence-corrected chi connectivity index (χ3v) is 2.32. The molecule has 0 radical (unpaired) electrons. The number of allylic oxidation sites excluding steroid dienone is 1. The summed E-state index contributed by atoms with van der Waals surface area (Å²) in [6.45, 7) is 2.57. The summed E-state index contributed by atoms with van der Waals surface area (Å²) < 4.78 is 5.24. The summed E-state index contributed by atoms with van der Waals surface area (Å²) in [6, 6.07) is 7.56. The molecule has 0 saturated carbocycles. The van der Waals surface area contributed by atoms with Crippen LogP contribution in [-0.2, 0) is 4.74 Å². The smallest absolute Gasteiger partial charge is 0.227 e. The molecular weight excluding hydrogens is 176 g/mol. The number of carbonyl (C=O) groups is 1. The van der Waals surface area contributed by atoms with Crippen molar-refractivity contribution in [3.63, 3.8) is 0 Å². The zero-order chi connectivity index (χ0) is 9.97. The molecule has 0 saturated heterocycles. The van der Waals surface area contributed by atoms with Gasteiger partial charge in [-0.3, -0.25) is 4.79 Å². The van der Waals surface area contributed by atoms with Gasteiger partial charge in [0, 0.05) is 12.0 Å². The number of hydrogen-bond acceptors (Lipinski definition) is 2. The molecule has 0 spiro atoms. The van der Waals surface area contributed by atoms with Crippen LogP contribution in [0.1, 0.15) is 22.3 Å². The van der Waals surface area contributed by atoms with Crippen LogP contribution in [0.15, 0.2) is 36.1 Å². The normalized spacial score (nSPS) is 14.8. The van der Waals surface area contributed by atoms with Crippen LogP contribution in [0.25, 0.3) is 0 Å². The summed E-state index contributed by atoms with van der Waals surface area (Å²) in [6.07, 6.45) is 2.70. The van der Waals surface area contributed by atoms with Crippen LogP contribution in [0.2, 0.25) is 0 Å². The molecule has 0 amide bonds. The molecule has 0 aliphatic carbocycles. The fourth-order valence-electron chi connectivity index (χ4n) is 1.54. The van der Waals surface area contributed by atoms with Crippen LogP contribution in [0.5, 0.6) is 0 Å². The van der Waals surface area contributed by atoms with Crippen molar-refractivity contribution < 1.29 is 9.53 Å².